The molecule has 9 nitrogen and oxygen atoms in total. The van der Waals surface area contributed by atoms with Crippen molar-refractivity contribution >= 4 is 17.5 Å². The van der Waals surface area contributed by atoms with Gasteiger partial charge in [0.2, 0.25) is 11.7 Å². The normalized spacial score (nSPS) is 20.6. The monoisotopic (exact) mass is 565 g/mol. The number of aromatic nitrogens is 3. The van der Waals surface area contributed by atoms with E-state index < -0.39 is 23.1 Å². The molecular formula is C28H22ClF2N5O4. The van der Waals surface area contributed by atoms with Crippen LogP contribution in [0.2, 0.25) is 5.02 Å². The highest BCUT2D eigenvalue weighted by Gasteiger charge is 2.50. The van der Waals surface area contributed by atoms with Crippen LogP contribution in [0.25, 0.3) is 11.1 Å². The summed E-state index contributed by atoms with van der Waals surface area (Å²) in [5.74, 6) is -3.16. The van der Waals surface area contributed by atoms with Gasteiger partial charge in [0, 0.05) is 36.2 Å². The maximum absolute atomic E-state index is 16.5. The second-order valence-electron chi connectivity index (χ2n) is 10.0. The van der Waals surface area contributed by atoms with E-state index in [0.29, 0.717) is 5.56 Å². The molecule has 0 spiro atoms. The molecule has 4 aromatic rings. The summed E-state index contributed by atoms with van der Waals surface area (Å²) in [6, 6.07) is 11.9. The van der Waals surface area contributed by atoms with E-state index in [4.69, 9.17) is 31.5 Å². The maximum Gasteiger partial charge on any atom is 0.304 e. The molecule has 1 aromatic heterocycles. The number of aryl methyl sites for hydroxylation is 1. The van der Waals surface area contributed by atoms with Gasteiger partial charge in [-0.2, -0.15) is 4.80 Å². The van der Waals surface area contributed by atoms with Gasteiger partial charge in [-0.1, -0.05) is 41.9 Å². The minimum atomic E-state index is -1.01. The average Bonchev–Trinajstić information content (AvgIpc) is 3.68. The van der Waals surface area contributed by atoms with Crippen molar-refractivity contribution < 1.29 is 27.8 Å². The van der Waals surface area contributed by atoms with Crippen molar-refractivity contribution in [2.75, 3.05) is 6.54 Å². The molecule has 3 aliphatic heterocycles. The summed E-state index contributed by atoms with van der Waals surface area (Å²) in [7, 11) is 1.54. The van der Waals surface area contributed by atoms with E-state index in [2.05, 4.69) is 15.5 Å². The summed E-state index contributed by atoms with van der Waals surface area (Å²) in [6.07, 6.45) is 1.99. The lowest BCUT2D eigenvalue weighted by atomic mass is 9.80. The standard InChI is InChI=1S/C28H22ClF2N5O4/c1-36-34-26-27(35-36)39-24-18(38-26)10-14(25(32)37)21(23(24)31)20-15-12-28(19-8-5-9-33-19,13-6-3-2-4-7-13)40-17(15)11-16(30)22(20)29/h2-4,6-7,10-11,19,33H,5,8-9,12H2,1H3,(H2,32,37)/t19-,28-/m0/s1. The van der Waals surface area contributed by atoms with Gasteiger partial charge in [0.1, 0.15) is 11.6 Å². The fraction of sp³-hybridized carbons (Fsp3) is 0.250. The summed E-state index contributed by atoms with van der Waals surface area (Å²) in [5, 5.41) is 11.2. The Morgan fingerprint density at radius 2 is 1.88 bits per heavy atom. The minimum Gasteiger partial charge on any atom is -0.480 e. The number of primary amides is 1. The van der Waals surface area contributed by atoms with Crippen LogP contribution in [0.15, 0.2) is 42.5 Å². The van der Waals surface area contributed by atoms with E-state index in [-0.39, 0.29) is 63.2 Å². The second-order valence-corrected chi connectivity index (χ2v) is 10.4. The topological polar surface area (TPSA) is 114 Å². The molecule has 1 amide bonds. The van der Waals surface area contributed by atoms with Crippen molar-refractivity contribution in [1.82, 2.24) is 20.3 Å². The number of rotatable bonds is 4. The third-order valence-corrected chi connectivity index (χ3v) is 8.04. The Hall–Kier alpha value is -4.22. The Morgan fingerprint density at radius 3 is 2.58 bits per heavy atom. The zero-order chi connectivity index (χ0) is 27.8. The predicted molar refractivity (Wildman–Crippen MR) is 140 cm³/mol. The number of carbonyl (C=O) groups excluding carboxylic acids is 1. The van der Waals surface area contributed by atoms with Crippen molar-refractivity contribution in [1.29, 1.82) is 0 Å². The number of amides is 1. The van der Waals surface area contributed by atoms with E-state index in [1.54, 1.807) is 7.05 Å². The molecule has 0 saturated carbocycles. The van der Waals surface area contributed by atoms with Gasteiger partial charge in [0.15, 0.2) is 17.2 Å². The molecule has 0 unspecified atom stereocenters. The fourth-order valence-corrected chi connectivity index (χ4v) is 6.20. The van der Waals surface area contributed by atoms with Crippen LogP contribution < -0.4 is 25.3 Å². The molecule has 0 aliphatic carbocycles. The summed E-state index contributed by atoms with van der Waals surface area (Å²) in [5.41, 5.74) is 5.51. The first-order valence-corrected chi connectivity index (χ1v) is 13.1. The van der Waals surface area contributed by atoms with Crippen molar-refractivity contribution in [3.05, 3.63) is 75.8 Å². The smallest absolute Gasteiger partial charge is 0.304 e. The Kier molecular flexibility index (Phi) is 5.52. The van der Waals surface area contributed by atoms with Gasteiger partial charge in [-0.3, -0.25) is 4.79 Å². The van der Waals surface area contributed by atoms with E-state index in [1.807, 2.05) is 30.3 Å². The van der Waals surface area contributed by atoms with Crippen molar-refractivity contribution in [3.8, 4) is 40.1 Å². The first-order chi connectivity index (χ1) is 19.3. The van der Waals surface area contributed by atoms with Gasteiger partial charge in [0.05, 0.1) is 16.6 Å². The van der Waals surface area contributed by atoms with E-state index in [1.165, 1.54) is 16.9 Å². The van der Waals surface area contributed by atoms with Gasteiger partial charge in [-0.15, -0.1) is 10.2 Å². The number of ether oxygens (including phenoxy) is 3. The Morgan fingerprint density at radius 1 is 1.12 bits per heavy atom. The zero-order valence-electron chi connectivity index (χ0n) is 21.1. The number of fused-ring (bicyclic) bond motifs is 3. The predicted octanol–water partition coefficient (Wildman–Crippen LogP) is 4.99. The van der Waals surface area contributed by atoms with Crippen LogP contribution >= 0.6 is 11.6 Å². The first kappa shape index (κ1) is 24.8. The molecule has 1 saturated heterocycles. The quantitative estimate of drug-likeness (QED) is 0.315. The Balaban J connectivity index is 1.45. The Bertz CT molecular complexity index is 1710. The molecule has 2 atom stereocenters. The van der Waals surface area contributed by atoms with Crippen molar-refractivity contribution in [2.45, 2.75) is 30.9 Å². The SMILES string of the molecule is Cn1nc2c(n1)Oc1c(cc(C(N)=O)c(-c3c(Cl)c(F)cc4c3C[C@](c3ccccc3)([C@@H]3CCCN3)O4)c1F)O2. The van der Waals surface area contributed by atoms with Gasteiger partial charge in [-0.05, 0) is 31.0 Å². The van der Waals surface area contributed by atoms with E-state index in [9.17, 15) is 4.79 Å². The number of nitrogens with one attached hydrogen (secondary N) is 1. The van der Waals surface area contributed by atoms with Gasteiger partial charge in [0.25, 0.3) is 0 Å². The van der Waals surface area contributed by atoms with Crippen LogP contribution in [-0.4, -0.2) is 33.5 Å². The lowest BCUT2D eigenvalue weighted by molar-refractivity contribution is 0.0539. The largest absolute Gasteiger partial charge is 0.480 e. The fourth-order valence-electron chi connectivity index (χ4n) is 5.94. The molecule has 3 aromatic carbocycles. The molecular weight excluding hydrogens is 544 g/mol. The molecule has 12 heteroatoms. The molecule has 0 radical (unpaired) electrons. The summed E-state index contributed by atoms with van der Waals surface area (Å²) >= 11 is 6.56. The van der Waals surface area contributed by atoms with Crippen LogP contribution in [0.3, 0.4) is 0 Å². The van der Waals surface area contributed by atoms with Gasteiger partial charge >= 0.3 is 11.8 Å². The molecule has 204 valence electrons. The molecule has 4 heterocycles. The van der Waals surface area contributed by atoms with Crippen molar-refractivity contribution in [2.24, 2.45) is 12.8 Å². The summed E-state index contributed by atoms with van der Waals surface area (Å²) < 4.78 is 49.8. The lowest BCUT2D eigenvalue weighted by Crippen LogP contribution is -2.48. The maximum atomic E-state index is 16.5. The van der Waals surface area contributed by atoms with Crippen molar-refractivity contribution in [3.63, 3.8) is 0 Å². The number of hydrogen-bond donors (Lipinski definition) is 2. The highest BCUT2D eigenvalue weighted by atomic mass is 35.5. The van der Waals surface area contributed by atoms with E-state index >= 15 is 8.78 Å². The molecule has 3 N–H and O–H groups in total. The van der Waals surface area contributed by atoms with E-state index in [0.717, 1.165) is 24.9 Å². The number of nitrogens with zero attached hydrogens (tertiary/aromatic N) is 3. The Labute approximate surface area is 231 Å². The lowest BCUT2D eigenvalue weighted by Gasteiger charge is -2.35. The summed E-state index contributed by atoms with van der Waals surface area (Å²) in [6.45, 7) is 0.800. The number of hydrogen-bond acceptors (Lipinski definition) is 7. The van der Waals surface area contributed by atoms with Crippen LogP contribution in [0.1, 0.15) is 34.3 Å². The molecule has 3 aliphatic rings. The minimum absolute atomic E-state index is 0.00708. The summed E-state index contributed by atoms with van der Waals surface area (Å²) in [4.78, 5) is 13.9. The average molecular weight is 566 g/mol. The number of halogens is 3. The van der Waals surface area contributed by atoms with Gasteiger partial charge in [-0.25, -0.2) is 8.78 Å². The van der Waals surface area contributed by atoms with Gasteiger partial charge < -0.3 is 25.3 Å². The second kappa shape index (κ2) is 8.90. The third-order valence-electron chi connectivity index (χ3n) is 7.67. The van der Waals surface area contributed by atoms with Crippen LogP contribution in [0.4, 0.5) is 8.78 Å². The van der Waals surface area contributed by atoms with Crippen LogP contribution in [0, 0.1) is 11.6 Å². The highest BCUT2D eigenvalue weighted by molar-refractivity contribution is 6.34. The molecule has 1 fully saturated rings. The zero-order valence-corrected chi connectivity index (χ0v) is 21.9. The van der Waals surface area contributed by atoms with Crippen LogP contribution in [0.5, 0.6) is 29.0 Å². The first-order valence-electron chi connectivity index (χ1n) is 12.7. The molecule has 0 bridgehead atoms. The number of nitrogens with two attached hydrogens (primary N) is 1. The van der Waals surface area contributed by atoms with Crippen LogP contribution in [-0.2, 0) is 19.1 Å². The number of benzene rings is 3. The molecule has 40 heavy (non-hydrogen) atoms. The number of carbonyl (C=O) groups is 1. The highest BCUT2D eigenvalue weighted by Crippen LogP contribution is 2.54. The molecule has 7 rings (SSSR count). The third kappa shape index (κ3) is 3.57.